The zero-order valence-corrected chi connectivity index (χ0v) is 11.5. The molecule has 0 saturated carbocycles. The third-order valence-electron chi connectivity index (χ3n) is 2.41. The molecule has 1 aromatic rings. The Bertz CT molecular complexity index is 386. The summed E-state index contributed by atoms with van der Waals surface area (Å²) in [6, 6.07) is 0.195. The molecular formula is C11H21N5O2. The largest absolute Gasteiger partial charge is 0.461 e. The number of anilines is 2. The maximum absolute atomic E-state index is 9.15. The second-order valence-electron chi connectivity index (χ2n) is 4.30. The van der Waals surface area contributed by atoms with Crippen molar-refractivity contribution in [2.45, 2.75) is 32.9 Å². The standard InChI is InChI=1S/C11H21N5O2/c1-7(2)18-11-14-9(12-4)13-10(15-11)16(5)8(3)6-17/h7-8,17H,6H2,1-5H3,(H,12,13,14,15). The summed E-state index contributed by atoms with van der Waals surface area (Å²) in [4.78, 5) is 14.3. The zero-order chi connectivity index (χ0) is 13.7. The minimum atomic E-state index is -0.0796. The molecule has 0 saturated heterocycles. The van der Waals surface area contributed by atoms with Crippen LogP contribution in [0.3, 0.4) is 0 Å². The van der Waals surface area contributed by atoms with Gasteiger partial charge in [0.25, 0.3) is 0 Å². The normalized spacial score (nSPS) is 12.4. The van der Waals surface area contributed by atoms with Gasteiger partial charge in [-0.3, -0.25) is 0 Å². The number of nitrogens with one attached hydrogen (secondary N) is 1. The number of likely N-dealkylation sites (N-methyl/N-ethyl adjacent to an activating group) is 1. The molecule has 0 spiro atoms. The summed E-state index contributed by atoms with van der Waals surface area (Å²) >= 11 is 0. The highest BCUT2D eigenvalue weighted by atomic mass is 16.5. The Morgan fingerprint density at radius 1 is 1.28 bits per heavy atom. The lowest BCUT2D eigenvalue weighted by Crippen LogP contribution is -2.33. The van der Waals surface area contributed by atoms with Crippen molar-refractivity contribution in [3.8, 4) is 6.01 Å². The van der Waals surface area contributed by atoms with Crippen LogP contribution in [-0.4, -0.2) is 52.9 Å². The van der Waals surface area contributed by atoms with Crippen LogP contribution in [0.5, 0.6) is 6.01 Å². The van der Waals surface area contributed by atoms with Crippen LogP contribution < -0.4 is 15.0 Å². The summed E-state index contributed by atoms with van der Waals surface area (Å²) in [5.41, 5.74) is 0. The number of aliphatic hydroxyl groups excluding tert-OH is 1. The number of ether oxygens (including phenoxy) is 1. The van der Waals surface area contributed by atoms with Gasteiger partial charge in [0.05, 0.1) is 18.8 Å². The lowest BCUT2D eigenvalue weighted by atomic mass is 10.3. The molecule has 0 radical (unpaired) electrons. The molecule has 102 valence electrons. The van der Waals surface area contributed by atoms with Crippen molar-refractivity contribution in [2.24, 2.45) is 0 Å². The van der Waals surface area contributed by atoms with Gasteiger partial charge in [0, 0.05) is 14.1 Å². The SMILES string of the molecule is CNc1nc(OC(C)C)nc(N(C)C(C)CO)n1. The monoisotopic (exact) mass is 255 g/mol. The summed E-state index contributed by atoms with van der Waals surface area (Å²) in [5, 5.41) is 12.0. The Labute approximate surface area is 107 Å². The van der Waals surface area contributed by atoms with E-state index in [-0.39, 0.29) is 24.8 Å². The third-order valence-corrected chi connectivity index (χ3v) is 2.41. The molecule has 0 aliphatic rings. The molecule has 18 heavy (non-hydrogen) atoms. The highest BCUT2D eigenvalue weighted by Crippen LogP contribution is 2.16. The summed E-state index contributed by atoms with van der Waals surface area (Å²) < 4.78 is 5.47. The lowest BCUT2D eigenvalue weighted by Gasteiger charge is -2.23. The molecular weight excluding hydrogens is 234 g/mol. The maximum atomic E-state index is 9.15. The van der Waals surface area contributed by atoms with Crippen molar-refractivity contribution in [3.63, 3.8) is 0 Å². The highest BCUT2D eigenvalue weighted by molar-refractivity contribution is 5.38. The first-order valence-corrected chi connectivity index (χ1v) is 5.92. The van der Waals surface area contributed by atoms with Gasteiger partial charge in [0.2, 0.25) is 11.9 Å². The predicted octanol–water partition coefficient (Wildman–Crippen LogP) is 0.517. The summed E-state index contributed by atoms with van der Waals surface area (Å²) in [5.74, 6) is 0.902. The van der Waals surface area contributed by atoms with E-state index in [2.05, 4.69) is 20.3 Å². The quantitative estimate of drug-likeness (QED) is 0.766. The smallest absolute Gasteiger partial charge is 0.323 e. The zero-order valence-electron chi connectivity index (χ0n) is 11.5. The molecule has 1 aromatic heterocycles. The first kappa shape index (κ1) is 14.4. The number of hydrogen-bond acceptors (Lipinski definition) is 7. The van der Waals surface area contributed by atoms with E-state index in [4.69, 9.17) is 9.84 Å². The second-order valence-corrected chi connectivity index (χ2v) is 4.30. The van der Waals surface area contributed by atoms with Crippen LogP contribution in [-0.2, 0) is 0 Å². The second kappa shape index (κ2) is 6.34. The van der Waals surface area contributed by atoms with Gasteiger partial charge in [-0.15, -0.1) is 0 Å². The molecule has 1 heterocycles. The average Bonchev–Trinajstić information content (AvgIpc) is 2.35. The Kier molecular flexibility index (Phi) is 5.08. The molecule has 2 N–H and O–H groups in total. The van der Waals surface area contributed by atoms with E-state index in [1.807, 2.05) is 27.8 Å². The number of aliphatic hydroxyl groups is 1. The van der Waals surface area contributed by atoms with Crippen molar-refractivity contribution in [2.75, 3.05) is 30.9 Å². The van der Waals surface area contributed by atoms with E-state index in [1.165, 1.54) is 0 Å². The Balaban J connectivity index is 3.03. The topological polar surface area (TPSA) is 83.4 Å². The van der Waals surface area contributed by atoms with E-state index < -0.39 is 0 Å². The molecule has 0 aliphatic heterocycles. The third kappa shape index (κ3) is 3.69. The molecule has 7 heteroatoms. The molecule has 1 rings (SSSR count). The average molecular weight is 255 g/mol. The summed E-state index contributed by atoms with van der Waals surface area (Å²) in [6.07, 6.45) is -0.00877. The fourth-order valence-corrected chi connectivity index (χ4v) is 1.20. The van der Waals surface area contributed by atoms with Crippen LogP contribution in [0.1, 0.15) is 20.8 Å². The van der Waals surface area contributed by atoms with Gasteiger partial charge >= 0.3 is 6.01 Å². The van der Waals surface area contributed by atoms with Crippen LogP contribution in [0.15, 0.2) is 0 Å². The molecule has 0 aliphatic carbocycles. The Morgan fingerprint density at radius 3 is 2.44 bits per heavy atom. The van der Waals surface area contributed by atoms with E-state index in [9.17, 15) is 0 Å². The molecule has 0 amide bonds. The molecule has 1 unspecified atom stereocenters. The number of aromatic nitrogens is 3. The van der Waals surface area contributed by atoms with Crippen molar-refractivity contribution in [1.29, 1.82) is 0 Å². The van der Waals surface area contributed by atoms with Gasteiger partial charge in [-0.2, -0.15) is 15.0 Å². The fraction of sp³-hybridized carbons (Fsp3) is 0.727. The van der Waals surface area contributed by atoms with Crippen LogP contribution in [0, 0.1) is 0 Å². The van der Waals surface area contributed by atoms with Crippen molar-refractivity contribution in [3.05, 3.63) is 0 Å². The van der Waals surface area contributed by atoms with Gasteiger partial charge in [0.15, 0.2) is 0 Å². The summed E-state index contributed by atoms with van der Waals surface area (Å²) in [6.45, 7) is 5.72. The molecule has 0 aromatic carbocycles. The van der Waals surface area contributed by atoms with Gasteiger partial charge in [-0.25, -0.2) is 0 Å². The van der Waals surface area contributed by atoms with Crippen molar-refractivity contribution < 1.29 is 9.84 Å². The number of nitrogens with zero attached hydrogens (tertiary/aromatic N) is 4. The number of hydrogen-bond donors (Lipinski definition) is 2. The predicted molar refractivity (Wildman–Crippen MR) is 70.1 cm³/mol. The Morgan fingerprint density at radius 2 is 1.94 bits per heavy atom. The van der Waals surface area contributed by atoms with Crippen molar-refractivity contribution in [1.82, 2.24) is 15.0 Å². The van der Waals surface area contributed by atoms with Crippen LogP contribution in [0.25, 0.3) is 0 Å². The molecule has 1 atom stereocenters. The van der Waals surface area contributed by atoms with Gasteiger partial charge in [-0.1, -0.05) is 0 Å². The maximum Gasteiger partial charge on any atom is 0.323 e. The van der Waals surface area contributed by atoms with Crippen LogP contribution >= 0.6 is 0 Å². The van der Waals surface area contributed by atoms with Crippen LogP contribution in [0.2, 0.25) is 0 Å². The molecule has 0 fully saturated rings. The van der Waals surface area contributed by atoms with Crippen molar-refractivity contribution >= 4 is 11.9 Å². The highest BCUT2D eigenvalue weighted by Gasteiger charge is 2.15. The van der Waals surface area contributed by atoms with Gasteiger partial charge < -0.3 is 20.1 Å². The Hall–Kier alpha value is -1.63. The minimum absolute atomic E-state index is 0.00877. The number of rotatable bonds is 6. The fourth-order valence-electron chi connectivity index (χ4n) is 1.20. The van der Waals surface area contributed by atoms with Gasteiger partial charge in [-0.05, 0) is 20.8 Å². The lowest BCUT2D eigenvalue weighted by molar-refractivity contribution is 0.221. The summed E-state index contributed by atoms with van der Waals surface area (Å²) in [7, 11) is 3.54. The van der Waals surface area contributed by atoms with E-state index in [0.717, 1.165) is 0 Å². The van der Waals surface area contributed by atoms with E-state index in [1.54, 1.807) is 11.9 Å². The van der Waals surface area contributed by atoms with Gasteiger partial charge in [0.1, 0.15) is 0 Å². The minimum Gasteiger partial charge on any atom is -0.461 e. The molecule has 0 bridgehead atoms. The van der Waals surface area contributed by atoms with E-state index in [0.29, 0.717) is 11.9 Å². The van der Waals surface area contributed by atoms with E-state index >= 15 is 0 Å². The first-order valence-electron chi connectivity index (χ1n) is 5.92. The first-order chi connectivity index (χ1) is 8.47. The molecule has 7 nitrogen and oxygen atoms in total. The van der Waals surface area contributed by atoms with Crippen LogP contribution in [0.4, 0.5) is 11.9 Å².